The first kappa shape index (κ1) is 12.8. The highest BCUT2D eigenvalue weighted by Gasteiger charge is 2.21. The lowest BCUT2D eigenvalue weighted by molar-refractivity contribution is 0.315. The van der Waals surface area contributed by atoms with E-state index in [4.69, 9.17) is 10.7 Å². The molecule has 1 aliphatic heterocycles. The van der Waals surface area contributed by atoms with Crippen LogP contribution in [0.4, 0.5) is 0 Å². The van der Waals surface area contributed by atoms with E-state index in [-0.39, 0.29) is 0 Å². The molecule has 3 rings (SSSR count). The number of aromatic nitrogens is 1. The van der Waals surface area contributed by atoms with Crippen LogP contribution < -0.4 is 5.73 Å². The molecular formula is C15H19N3S. The molecule has 1 aliphatic rings. The van der Waals surface area contributed by atoms with Gasteiger partial charge in [-0.3, -0.25) is 4.90 Å². The molecule has 1 aromatic heterocycles. The van der Waals surface area contributed by atoms with Crippen molar-refractivity contribution in [1.82, 2.24) is 9.88 Å². The van der Waals surface area contributed by atoms with E-state index in [1.807, 2.05) is 6.07 Å². The zero-order chi connectivity index (χ0) is 13.1. The monoisotopic (exact) mass is 273 g/mol. The van der Waals surface area contributed by atoms with E-state index >= 15 is 0 Å². The molecule has 100 valence electrons. The van der Waals surface area contributed by atoms with E-state index in [0.717, 1.165) is 31.2 Å². The Labute approximate surface area is 118 Å². The quantitative estimate of drug-likeness (QED) is 0.931. The average molecular weight is 273 g/mol. The van der Waals surface area contributed by atoms with Crippen molar-refractivity contribution in [1.29, 1.82) is 0 Å². The van der Waals surface area contributed by atoms with Gasteiger partial charge in [0.15, 0.2) is 0 Å². The standard InChI is InChI=1S/C15H19N3S/c16-8-12-6-7-18(9-12)10-14-11-19-15(17-14)13-4-2-1-3-5-13/h1-5,11-12H,6-10,16H2. The lowest BCUT2D eigenvalue weighted by Gasteiger charge is -2.13. The van der Waals surface area contributed by atoms with Gasteiger partial charge in [0.25, 0.3) is 0 Å². The Hall–Kier alpha value is -1.23. The molecule has 0 bridgehead atoms. The summed E-state index contributed by atoms with van der Waals surface area (Å²) < 4.78 is 0. The molecule has 4 heteroatoms. The van der Waals surface area contributed by atoms with Gasteiger partial charge in [-0.25, -0.2) is 4.98 Å². The van der Waals surface area contributed by atoms with Crippen molar-refractivity contribution in [2.45, 2.75) is 13.0 Å². The lowest BCUT2D eigenvalue weighted by Crippen LogP contribution is -2.22. The summed E-state index contributed by atoms with van der Waals surface area (Å²) in [6, 6.07) is 10.4. The molecule has 1 saturated heterocycles. The topological polar surface area (TPSA) is 42.1 Å². The van der Waals surface area contributed by atoms with Gasteiger partial charge in [-0.2, -0.15) is 0 Å². The van der Waals surface area contributed by atoms with Crippen LogP contribution in [0.1, 0.15) is 12.1 Å². The van der Waals surface area contributed by atoms with Crippen LogP contribution in [-0.4, -0.2) is 29.5 Å². The molecule has 0 amide bonds. The number of hydrogen-bond donors (Lipinski definition) is 1. The predicted octanol–water partition coefficient (Wildman–Crippen LogP) is 2.59. The lowest BCUT2D eigenvalue weighted by atomic mass is 10.1. The van der Waals surface area contributed by atoms with E-state index in [0.29, 0.717) is 5.92 Å². The van der Waals surface area contributed by atoms with Gasteiger partial charge in [0.1, 0.15) is 5.01 Å². The summed E-state index contributed by atoms with van der Waals surface area (Å²) in [5, 5.41) is 3.29. The summed E-state index contributed by atoms with van der Waals surface area (Å²) >= 11 is 1.73. The van der Waals surface area contributed by atoms with Crippen molar-refractivity contribution in [3.05, 3.63) is 41.4 Å². The fraction of sp³-hybridized carbons (Fsp3) is 0.400. The number of benzene rings is 1. The van der Waals surface area contributed by atoms with Crippen molar-refractivity contribution in [2.24, 2.45) is 11.7 Å². The third-order valence-electron chi connectivity index (χ3n) is 3.66. The molecular weight excluding hydrogens is 254 g/mol. The van der Waals surface area contributed by atoms with Crippen LogP contribution in [0.2, 0.25) is 0 Å². The van der Waals surface area contributed by atoms with Gasteiger partial charge < -0.3 is 5.73 Å². The highest BCUT2D eigenvalue weighted by atomic mass is 32.1. The summed E-state index contributed by atoms with van der Waals surface area (Å²) in [7, 11) is 0. The van der Waals surface area contributed by atoms with Crippen LogP contribution in [0.25, 0.3) is 10.6 Å². The van der Waals surface area contributed by atoms with Crippen LogP contribution in [0.15, 0.2) is 35.7 Å². The Morgan fingerprint density at radius 1 is 1.32 bits per heavy atom. The smallest absolute Gasteiger partial charge is 0.123 e. The minimum absolute atomic E-state index is 0.673. The van der Waals surface area contributed by atoms with E-state index in [9.17, 15) is 0 Å². The summed E-state index contributed by atoms with van der Waals surface area (Å²) in [4.78, 5) is 7.20. The summed E-state index contributed by atoms with van der Waals surface area (Å²) in [5.41, 5.74) is 8.12. The highest BCUT2D eigenvalue weighted by molar-refractivity contribution is 7.13. The predicted molar refractivity (Wildman–Crippen MR) is 80.0 cm³/mol. The van der Waals surface area contributed by atoms with Crippen LogP contribution in [0.5, 0.6) is 0 Å². The Morgan fingerprint density at radius 3 is 2.89 bits per heavy atom. The van der Waals surface area contributed by atoms with Gasteiger partial charge >= 0.3 is 0 Å². The van der Waals surface area contributed by atoms with Gasteiger partial charge in [0.05, 0.1) is 5.69 Å². The molecule has 0 radical (unpaired) electrons. The minimum Gasteiger partial charge on any atom is -0.330 e. The molecule has 0 spiro atoms. The fourth-order valence-electron chi connectivity index (χ4n) is 2.57. The molecule has 1 fully saturated rings. The minimum atomic E-state index is 0.673. The SMILES string of the molecule is NCC1CCN(Cc2csc(-c3ccccc3)n2)C1. The van der Waals surface area contributed by atoms with E-state index in [1.165, 1.54) is 17.7 Å². The number of nitrogens with two attached hydrogens (primary N) is 1. The maximum absolute atomic E-state index is 5.73. The Morgan fingerprint density at radius 2 is 2.16 bits per heavy atom. The maximum atomic E-state index is 5.73. The molecule has 2 aromatic rings. The van der Waals surface area contributed by atoms with Crippen LogP contribution >= 0.6 is 11.3 Å². The van der Waals surface area contributed by atoms with Gasteiger partial charge in [0, 0.05) is 24.0 Å². The largest absolute Gasteiger partial charge is 0.330 e. The molecule has 2 heterocycles. The summed E-state index contributed by atoms with van der Waals surface area (Å²) in [5.74, 6) is 0.673. The Kier molecular flexibility index (Phi) is 3.92. The number of nitrogens with zero attached hydrogens (tertiary/aromatic N) is 2. The molecule has 3 nitrogen and oxygen atoms in total. The van der Waals surface area contributed by atoms with E-state index in [1.54, 1.807) is 11.3 Å². The second-order valence-corrected chi connectivity index (χ2v) is 5.99. The van der Waals surface area contributed by atoms with Gasteiger partial charge in [-0.1, -0.05) is 30.3 Å². The van der Waals surface area contributed by atoms with Gasteiger partial charge in [-0.15, -0.1) is 11.3 Å². The summed E-state index contributed by atoms with van der Waals surface area (Å²) in [6.45, 7) is 4.04. The number of likely N-dealkylation sites (tertiary alicyclic amines) is 1. The molecule has 1 atom stereocenters. The second kappa shape index (κ2) is 5.82. The van der Waals surface area contributed by atoms with Crippen LogP contribution in [-0.2, 0) is 6.54 Å². The first-order chi connectivity index (χ1) is 9.35. The average Bonchev–Trinajstić information content (AvgIpc) is 3.09. The summed E-state index contributed by atoms with van der Waals surface area (Å²) in [6.07, 6.45) is 1.23. The Balaban J connectivity index is 1.66. The van der Waals surface area contributed by atoms with Crippen molar-refractivity contribution in [3.63, 3.8) is 0 Å². The van der Waals surface area contributed by atoms with E-state index < -0.39 is 0 Å². The zero-order valence-corrected chi connectivity index (χ0v) is 11.8. The molecule has 0 aliphatic carbocycles. The van der Waals surface area contributed by atoms with Crippen molar-refractivity contribution in [3.8, 4) is 10.6 Å². The fourth-order valence-corrected chi connectivity index (χ4v) is 3.39. The third kappa shape index (κ3) is 3.03. The molecule has 0 saturated carbocycles. The Bertz CT molecular complexity index is 523. The number of rotatable bonds is 4. The van der Waals surface area contributed by atoms with E-state index in [2.05, 4.69) is 34.5 Å². The first-order valence-corrected chi connectivity index (χ1v) is 7.65. The maximum Gasteiger partial charge on any atom is 0.123 e. The zero-order valence-electron chi connectivity index (χ0n) is 11.0. The van der Waals surface area contributed by atoms with Crippen LogP contribution in [0, 0.1) is 5.92 Å². The van der Waals surface area contributed by atoms with Crippen molar-refractivity contribution >= 4 is 11.3 Å². The highest BCUT2D eigenvalue weighted by Crippen LogP contribution is 2.25. The van der Waals surface area contributed by atoms with Crippen molar-refractivity contribution < 1.29 is 0 Å². The van der Waals surface area contributed by atoms with Gasteiger partial charge in [0.2, 0.25) is 0 Å². The second-order valence-electron chi connectivity index (χ2n) is 5.14. The number of hydrogen-bond acceptors (Lipinski definition) is 4. The third-order valence-corrected chi connectivity index (χ3v) is 4.60. The van der Waals surface area contributed by atoms with Gasteiger partial charge in [-0.05, 0) is 25.4 Å². The molecule has 2 N–H and O–H groups in total. The number of thiazole rings is 1. The van der Waals surface area contributed by atoms with Crippen molar-refractivity contribution in [2.75, 3.05) is 19.6 Å². The molecule has 19 heavy (non-hydrogen) atoms. The van der Waals surface area contributed by atoms with Crippen LogP contribution in [0.3, 0.4) is 0 Å². The molecule has 1 aromatic carbocycles. The first-order valence-electron chi connectivity index (χ1n) is 6.77. The molecule has 1 unspecified atom stereocenters. The normalized spacial score (nSPS) is 19.9.